The quantitative estimate of drug-likeness (QED) is 0.864. The molecule has 2 nitrogen and oxygen atoms in total. The van der Waals surface area contributed by atoms with E-state index in [1.165, 1.54) is 9.71 Å². The Morgan fingerprint density at radius 3 is 2.75 bits per heavy atom. The van der Waals surface area contributed by atoms with Crippen LogP contribution in [0, 0.1) is 11.3 Å². The lowest BCUT2D eigenvalue weighted by atomic mass is 10.1. The molecular formula is C13H16N2S. The van der Waals surface area contributed by atoms with Crippen molar-refractivity contribution in [2.24, 2.45) is 17.1 Å². The first-order valence-electron chi connectivity index (χ1n) is 5.70. The van der Waals surface area contributed by atoms with Crippen molar-refractivity contribution in [2.45, 2.75) is 19.8 Å². The molecular weight excluding hydrogens is 216 g/mol. The molecule has 0 radical (unpaired) electrons. The molecule has 2 atom stereocenters. The van der Waals surface area contributed by atoms with E-state index < -0.39 is 0 Å². The van der Waals surface area contributed by atoms with Crippen LogP contribution < -0.4 is 5.73 Å². The van der Waals surface area contributed by atoms with Gasteiger partial charge in [0, 0.05) is 5.92 Å². The Kier molecular flexibility index (Phi) is 2.10. The SMILES string of the molecule is CC1(C)C(CN)C1c1nc2ccccc2s1. The number of fused-ring (bicyclic) bond motifs is 1. The smallest absolute Gasteiger partial charge is 0.0978 e. The van der Waals surface area contributed by atoms with Crippen LogP contribution in [0.2, 0.25) is 0 Å². The molecule has 1 aliphatic carbocycles. The molecule has 84 valence electrons. The molecule has 0 saturated heterocycles. The van der Waals surface area contributed by atoms with Gasteiger partial charge in [0.25, 0.3) is 0 Å². The predicted molar refractivity (Wildman–Crippen MR) is 68.7 cm³/mol. The number of rotatable bonds is 2. The fraction of sp³-hybridized carbons (Fsp3) is 0.462. The molecule has 1 saturated carbocycles. The molecule has 0 aliphatic heterocycles. The molecule has 3 heteroatoms. The van der Waals surface area contributed by atoms with Gasteiger partial charge in [-0.25, -0.2) is 4.98 Å². The van der Waals surface area contributed by atoms with Crippen LogP contribution in [0.25, 0.3) is 10.2 Å². The Balaban J connectivity index is 2.02. The maximum Gasteiger partial charge on any atom is 0.0978 e. The molecule has 0 spiro atoms. The maximum absolute atomic E-state index is 5.81. The van der Waals surface area contributed by atoms with Crippen LogP contribution in [0.4, 0.5) is 0 Å². The second kappa shape index (κ2) is 3.28. The van der Waals surface area contributed by atoms with Gasteiger partial charge in [0.2, 0.25) is 0 Å². The average Bonchev–Trinajstić information content (AvgIpc) is 2.65. The van der Waals surface area contributed by atoms with Crippen molar-refractivity contribution >= 4 is 21.6 Å². The normalized spacial score (nSPS) is 27.2. The van der Waals surface area contributed by atoms with Crippen LogP contribution in [0.1, 0.15) is 24.8 Å². The van der Waals surface area contributed by atoms with E-state index in [0.29, 0.717) is 17.3 Å². The lowest BCUT2D eigenvalue weighted by Gasteiger charge is -1.98. The van der Waals surface area contributed by atoms with Crippen LogP contribution in [-0.4, -0.2) is 11.5 Å². The number of nitrogens with zero attached hydrogens (tertiary/aromatic N) is 1. The van der Waals surface area contributed by atoms with E-state index in [1.807, 2.05) is 17.4 Å². The second-order valence-corrected chi connectivity index (χ2v) is 6.22. The molecule has 1 aliphatic rings. The number of thiazole rings is 1. The minimum absolute atomic E-state index is 0.336. The Morgan fingerprint density at radius 2 is 2.12 bits per heavy atom. The monoisotopic (exact) mass is 232 g/mol. The Bertz CT molecular complexity index is 496. The highest BCUT2D eigenvalue weighted by Crippen LogP contribution is 2.64. The summed E-state index contributed by atoms with van der Waals surface area (Å²) in [4.78, 5) is 4.73. The highest BCUT2D eigenvalue weighted by Gasteiger charge is 2.58. The van der Waals surface area contributed by atoms with Crippen LogP contribution >= 0.6 is 11.3 Å². The molecule has 0 bridgehead atoms. The molecule has 3 rings (SSSR count). The Labute approximate surface area is 99.5 Å². The van der Waals surface area contributed by atoms with Crippen molar-refractivity contribution in [1.29, 1.82) is 0 Å². The Hall–Kier alpha value is -0.930. The largest absolute Gasteiger partial charge is 0.330 e. The third-order valence-electron chi connectivity index (χ3n) is 3.88. The predicted octanol–water partition coefficient (Wildman–Crippen LogP) is 2.99. The van der Waals surface area contributed by atoms with Gasteiger partial charge in [-0.3, -0.25) is 0 Å². The summed E-state index contributed by atoms with van der Waals surface area (Å²) < 4.78 is 1.29. The van der Waals surface area contributed by atoms with Crippen molar-refractivity contribution in [3.8, 4) is 0 Å². The van der Waals surface area contributed by atoms with Gasteiger partial charge in [0.1, 0.15) is 0 Å². The first kappa shape index (κ1) is 10.2. The summed E-state index contributed by atoms with van der Waals surface area (Å²) in [5.41, 5.74) is 7.27. The lowest BCUT2D eigenvalue weighted by Crippen LogP contribution is -2.05. The van der Waals surface area contributed by atoms with E-state index in [9.17, 15) is 0 Å². The molecule has 1 aromatic carbocycles. The molecule has 1 fully saturated rings. The summed E-state index contributed by atoms with van der Waals surface area (Å²) >= 11 is 1.82. The fourth-order valence-electron chi connectivity index (χ4n) is 2.70. The third-order valence-corrected chi connectivity index (χ3v) is 5.00. The molecule has 2 unspecified atom stereocenters. The number of aromatic nitrogens is 1. The van der Waals surface area contributed by atoms with E-state index >= 15 is 0 Å². The van der Waals surface area contributed by atoms with Crippen LogP contribution in [0.5, 0.6) is 0 Å². The lowest BCUT2D eigenvalue weighted by molar-refractivity contribution is 0.558. The summed E-state index contributed by atoms with van der Waals surface area (Å²) in [7, 11) is 0. The zero-order chi connectivity index (χ0) is 11.3. The molecule has 0 amide bonds. The highest BCUT2D eigenvalue weighted by atomic mass is 32.1. The van der Waals surface area contributed by atoms with Crippen LogP contribution in [0.3, 0.4) is 0 Å². The van der Waals surface area contributed by atoms with Gasteiger partial charge in [0.05, 0.1) is 15.2 Å². The summed E-state index contributed by atoms with van der Waals surface area (Å²) in [6, 6.07) is 8.35. The molecule has 1 aromatic heterocycles. The maximum atomic E-state index is 5.81. The van der Waals surface area contributed by atoms with Crippen LogP contribution in [-0.2, 0) is 0 Å². The molecule has 1 heterocycles. The van der Waals surface area contributed by atoms with E-state index in [2.05, 4.69) is 32.0 Å². The first-order valence-corrected chi connectivity index (χ1v) is 6.52. The van der Waals surface area contributed by atoms with Gasteiger partial charge in [-0.2, -0.15) is 0 Å². The zero-order valence-corrected chi connectivity index (χ0v) is 10.4. The number of benzene rings is 1. The zero-order valence-electron chi connectivity index (χ0n) is 9.60. The van der Waals surface area contributed by atoms with E-state index in [4.69, 9.17) is 10.7 Å². The number of hydrogen-bond donors (Lipinski definition) is 1. The molecule has 2 aromatic rings. The second-order valence-electron chi connectivity index (χ2n) is 5.16. The van der Waals surface area contributed by atoms with Crippen molar-refractivity contribution in [3.05, 3.63) is 29.3 Å². The van der Waals surface area contributed by atoms with Crippen LogP contribution in [0.15, 0.2) is 24.3 Å². The van der Waals surface area contributed by atoms with Crippen molar-refractivity contribution in [3.63, 3.8) is 0 Å². The summed E-state index contributed by atoms with van der Waals surface area (Å²) in [6.45, 7) is 5.36. The minimum Gasteiger partial charge on any atom is -0.330 e. The summed E-state index contributed by atoms with van der Waals surface area (Å²) in [5.74, 6) is 1.17. The Morgan fingerprint density at radius 1 is 1.38 bits per heavy atom. The minimum atomic E-state index is 0.336. The standard InChI is InChI=1S/C13H16N2S/c1-13(2)8(7-14)11(13)12-15-9-5-3-4-6-10(9)16-12/h3-6,8,11H,7,14H2,1-2H3. The highest BCUT2D eigenvalue weighted by molar-refractivity contribution is 7.18. The van der Waals surface area contributed by atoms with Crippen molar-refractivity contribution in [1.82, 2.24) is 4.98 Å². The summed E-state index contributed by atoms with van der Waals surface area (Å²) in [6.07, 6.45) is 0. The fourth-order valence-corrected chi connectivity index (χ4v) is 4.03. The van der Waals surface area contributed by atoms with Gasteiger partial charge in [0.15, 0.2) is 0 Å². The molecule has 2 N–H and O–H groups in total. The van der Waals surface area contributed by atoms with Gasteiger partial charge in [-0.1, -0.05) is 26.0 Å². The number of nitrogens with two attached hydrogens (primary N) is 1. The average molecular weight is 232 g/mol. The van der Waals surface area contributed by atoms with Gasteiger partial charge in [-0.15, -0.1) is 11.3 Å². The van der Waals surface area contributed by atoms with Gasteiger partial charge >= 0.3 is 0 Å². The van der Waals surface area contributed by atoms with Gasteiger partial charge in [-0.05, 0) is 30.0 Å². The summed E-state index contributed by atoms with van der Waals surface area (Å²) in [5, 5.41) is 1.27. The topological polar surface area (TPSA) is 38.9 Å². The third kappa shape index (κ3) is 1.31. The molecule has 16 heavy (non-hydrogen) atoms. The van der Waals surface area contributed by atoms with E-state index in [-0.39, 0.29) is 0 Å². The first-order chi connectivity index (χ1) is 7.64. The van der Waals surface area contributed by atoms with Gasteiger partial charge < -0.3 is 5.73 Å². The van der Waals surface area contributed by atoms with E-state index in [0.717, 1.165) is 12.1 Å². The number of hydrogen-bond acceptors (Lipinski definition) is 3. The number of para-hydroxylation sites is 1. The van der Waals surface area contributed by atoms with Crippen molar-refractivity contribution < 1.29 is 0 Å². The van der Waals surface area contributed by atoms with E-state index in [1.54, 1.807) is 0 Å². The van der Waals surface area contributed by atoms with Crippen molar-refractivity contribution in [2.75, 3.05) is 6.54 Å².